The molecule has 2 amide bonds. The average Bonchev–Trinajstić information content (AvgIpc) is 3.49. The van der Waals surface area contributed by atoms with Gasteiger partial charge < -0.3 is 0 Å². The van der Waals surface area contributed by atoms with E-state index in [-0.39, 0.29) is 41.7 Å². The topological polar surface area (TPSA) is 40.6 Å². The van der Waals surface area contributed by atoms with Crippen molar-refractivity contribution in [3.05, 3.63) is 102 Å². The second-order valence-electron chi connectivity index (χ2n) is 9.14. The van der Waals surface area contributed by atoms with Crippen LogP contribution in [0.4, 0.5) is 5.69 Å². The number of hydrogen-bond acceptors (Lipinski definition) is 3. The van der Waals surface area contributed by atoms with Crippen molar-refractivity contribution in [2.75, 3.05) is 11.4 Å². The molecular formula is C28H26N2O2. The number of imide groups is 1. The van der Waals surface area contributed by atoms with Crippen molar-refractivity contribution in [1.82, 2.24) is 4.90 Å². The van der Waals surface area contributed by atoms with E-state index < -0.39 is 0 Å². The molecule has 0 spiro atoms. The number of fused-ring (bicyclic) bond motifs is 3. The van der Waals surface area contributed by atoms with Crippen LogP contribution < -0.4 is 4.90 Å². The lowest BCUT2D eigenvalue weighted by Gasteiger charge is -2.35. The highest BCUT2D eigenvalue weighted by Gasteiger charge is 2.64. The quantitative estimate of drug-likeness (QED) is 0.583. The molecule has 0 aliphatic carbocycles. The van der Waals surface area contributed by atoms with Crippen LogP contribution >= 0.6 is 0 Å². The molecule has 6 rings (SSSR count). The monoisotopic (exact) mass is 422 g/mol. The summed E-state index contributed by atoms with van der Waals surface area (Å²) in [4.78, 5) is 31.5. The Hall–Kier alpha value is -3.24. The van der Waals surface area contributed by atoms with E-state index in [1.54, 1.807) is 0 Å². The van der Waals surface area contributed by atoms with Crippen molar-refractivity contribution in [1.29, 1.82) is 0 Å². The SMILES string of the molecule is O=C1[C@@H]2[C@H](C(=O)N1c1ccccc1)[C@H](C(c1ccccc1)c1ccccc1)N1CCC[C@H]21. The van der Waals surface area contributed by atoms with Gasteiger partial charge in [-0.1, -0.05) is 78.9 Å². The maximum absolute atomic E-state index is 13.9. The number of amides is 2. The van der Waals surface area contributed by atoms with E-state index in [2.05, 4.69) is 53.4 Å². The highest BCUT2D eigenvalue weighted by atomic mass is 16.2. The van der Waals surface area contributed by atoms with E-state index in [1.807, 2.05) is 42.5 Å². The minimum absolute atomic E-state index is 0.0227. The van der Waals surface area contributed by atoms with Gasteiger partial charge in [-0.2, -0.15) is 0 Å². The minimum Gasteiger partial charge on any atom is -0.295 e. The Kier molecular flexibility index (Phi) is 4.69. The number of nitrogens with zero attached hydrogens (tertiary/aromatic N) is 2. The molecular weight excluding hydrogens is 396 g/mol. The zero-order valence-corrected chi connectivity index (χ0v) is 17.9. The number of para-hydroxylation sites is 1. The van der Waals surface area contributed by atoms with E-state index in [0.29, 0.717) is 5.69 Å². The number of hydrogen-bond donors (Lipinski definition) is 0. The maximum Gasteiger partial charge on any atom is 0.239 e. The predicted octanol–water partition coefficient (Wildman–Crippen LogP) is 4.47. The van der Waals surface area contributed by atoms with Crippen LogP contribution in [0.1, 0.15) is 29.9 Å². The highest BCUT2D eigenvalue weighted by molar-refractivity contribution is 6.23. The Morgan fingerprint density at radius 3 is 1.81 bits per heavy atom. The van der Waals surface area contributed by atoms with E-state index in [4.69, 9.17) is 0 Å². The number of carbonyl (C=O) groups excluding carboxylic acids is 2. The maximum atomic E-state index is 13.9. The fourth-order valence-corrected chi connectivity index (χ4v) is 6.39. The first kappa shape index (κ1) is 19.4. The summed E-state index contributed by atoms with van der Waals surface area (Å²) in [5.41, 5.74) is 3.10. The summed E-state index contributed by atoms with van der Waals surface area (Å²) in [7, 11) is 0. The molecule has 3 heterocycles. The van der Waals surface area contributed by atoms with Gasteiger partial charge in [-0.15, -0.1) is 0 Å². The first-order chi connectivity index (χ1) is 15.8. The summed E-state index contributed by atoms with van der Waals surface area (Å²) in [6.07, 6.45) is 2.06. The Labute approximate surface area is 188 Å². The molecule has 160 valence electrons. The first-order valence-electron chi connectivity index (χ1n) is 11.5. The Morgan fingerprint density at radius 1 is 0.688 bits per heavy atom. The molecule has 32 heavy (non-hydrogen) atoms. The summed E-state index contributed by atoms with van der Waals surface area (Å²) in [5.74, 6) is -0.600. The lowest BCUT2D eigenvalue weighted by molar-refractivity contribution is -0.123. The molecule has 3 saturated heterocycles. The lowest BCUT2D eigenvalue weighted by Crippen LogP contribution is -2.45. The zero-order chi connectivity index (χ0) is 21.7. The van der Waals surface area contributed by atoms with Gasteiger partial charge in [-0.3, -0.25) is 14.5 Å². The van der Waals surface area contributed by atoms with Crippen molar-refractivity contribution < 1.29 is 9.59 Å². The molecule has 4 atom stereocenters. The second-order valence-corrected chi connectivity index (χ2v) is 9.14. The van der Waals surface area contributed by atoms with Gasteiger partial charge in [0, 0.05) is 18.0 Å². The van der Waals surface area contributed by atoms with Crippen LogP contribution in [0.3, 0.4) is 0 Å². The first-order valence-corrected chi connectivity index (χ1v) is 11.5. The van der Waals surface area contributed by atoms with E-state index in [9.17, 15) is 9.59 Å². The minimum atomic E-state index is -0.321. The van der Waals surface area contributed by atoms with Gasteiger partial charge in [0.2, 0.25) is 11.8 Å². The molecule has 3 fully saturated rings. The molecule has 3 aromatic rings. The number of benzene rings is 3. The molecule has 0 radical (unpaired) electrons. The van der Waals surface area contributed by atoms with Crippen LogP contribution in [-0.2, 0) is 9.59 Å². The van der Waals surface area contributed by atoms with E-state index in [1.165, 1.54) is 16.0 Å². The van der Waals surface area contributed by atoms with Gasteiger partial charge in [0.15, 0.2) is 0 Å². The summed E-state index contributed by atoms with van der Waals surface area (Å²) >= 11 is 0. The molecule has 3 aliphatic rings. The fourth-order valence-electron chi connectivity index (χ4n) is 6.39. The molecule has 3 aromatic carbocycles. The van der Waals surface area contributed by atoms with Gasteiger partial charge in [0.05, 0.1) is 17.5 Å². The van der Waals surface area contributed by atoms with E-state index >= 15 is 0 Å². The van der Waals surface area contributed by atoms with Crippen LogP contribution in [-0.4, -0.2) is 35.3 Å². The van der Waals surface area contributed by atoms with Gasteiger partial charge in [-0.05, 0) is 42.6 Å². The number of rotatable bonds is 4. The van der Waals surface area contributed by atoms with Gasteiger partial charge >= 0.3 is 0 Å². The van der Waals surface area contributed by atoms with Gasteiger partial charge in [-0.25, -0.2) is 4.90 Å². The number of carbonyl (C=O) groups is 2. The molecule has 0 aromatic heterocycles. The average molecular weight is 423 g/mol. The summed E-state index contributed by atoms with van der Waals surface area (Å²) in [6, 6.07) is 30.5. The summed E-state index contributed by atoms with van der Waals surface area (Å²) < 4.78 is 0. The fraction of sp³-hybridized carbons (Fsp3) is 0.286. The summed E-state index contributed by atoms with van der Waals surface area (Å²) in [5, 5.41) is 0. The lowest BCUT2D eigenvalue weighted by atomic mass is 9.77. The van der Waals surface area contributed by atoms with Crippen LogP contribution in [0, 0.1) is 11.8 Å². The second kappa shape index (κ2) is 7.72. The molecule has 4 heteroatoms. The largest absolute Gasteiger partial charge is 0.295 e. The normalized spacial score (nSPS) is 27.2. The van der Waals surface area contributed by atoms with Crippen molar-refractivity contribution in [3.63, 3.8) is 0 Å². The van der Waals surface area contributed by atoms with Crippen molar-refractivity contribution in [2.45, 2.75) is 30.8 Å². The van der Waals surface area contributed by atoms with Crippen molar-refractivity contribution >= 4 is 17.5 Å². The molecule has 0 bridgehead atoms. The Bertz CT molecular complexity index is 1090. The van der Waals surface area contributed by atoms with E-state index in [0.717, 1.165) is 19.4 Å². The van der Waals surface area contributed by atoms with Crippen molar-refractivity contribution in [3.8, 4) is 0 Å². The third-order valence-electron chi connectivity index (χ3n) is 7.58. The molecule has 0 unspecified atom stereocenters. The standard InChI is InChI=1S/C28H26N2O2/c31-27-24-22-17-10-18-29(22)26(25(24)28(32)30(27)21-15-8-3-9-16-21)23(19-11-4-1-5-12-19)20-13-6-2-7-14-20/h1-9,11-16,22-26H,10,17-18H2/t22-,24+,25+,26+/m1/s1. The highest BCUT2D eigenvalue weighted by Crippen LogP contribution is 2.52. The van der Waals surface area contributed by atoms with Crippen molar-refractivity contribution in [2.24, 2.45) is 11.8 Å². The Morgan fingerprint density at radius 2 is 1.22 bits per heavy atom. The Balaban J connectivity index is 1.49. The third kappa shape index (κ3) is 2.86. The molecule has 0 saturated carbocycles. The third-order valence-corrected chi connectivity index (χ3v) is 7.58. The molecule has 4 nitrogen and oxygen atoms in total. The molecule has 3 aliphatic heterocycles. The number of anilines is 1. The van der Waals surface area contributed by atoms with Crippen LogP contribution in [0.15, 0.2) is 91.0 Å². The molecule has 0 N–H and O–H groups in total. The smallest absolute Gasteiger partial charge is 0.239 e. The van der Waals surface area contributed by atoms with Crippen LogP contribution in [0.25, 0.3) is 0 Å². The van der Waals surface area contributed by atoms with Crippen LogP contribution in [0.2, 0.25) is 0 Å². The zero-order valence-electron chi connectivity index (χ0n) is 17.9. The van der Waals surface area contributed by atoms with Gasteiger partial charge in [0.1, 0.15) is 0 Å². The summed E-state index contributed by atoms with van der Waals surface area (Å²) in [6.45, 7) is 0.949. The predicted molar refractivity (Wildman–Crippen MR) is 124 cm³/mol. The van der Waals surface area contributed by atoms with Crippen LogP contribution in [0.5, 0.6) is 0 Å². The van der Waals surface area contributed by atoms with Gasteiger partial charge in [0.25, 0.3) is 0 Å².